The summed E-state index contributed by atoms with van der Waals surface area (Å²) in [6.07, 6.45) is 3.57. The highest BCUT2D eigenvalue weighted by molar-refractivity contribution is 9.10. The maximum atomic E-state index is 14.9. The Kier molecular flexibility index (Phi) is 9.94. The SMILES string of the molecule is CNC(=O)c1cc(CC#N)ccc1N(C(=O)c1cc(Br)nn1-c1ncccc1Cl)c1c(Br)cc(Cl)cc1C(=O)NC(C)C1CC1. The minimum atomic E-state index is -0.666. The minimum Gasteiger partial charge on any atom is -0.355 e. The van der Waals surface area contributed by atoms with Gasteiger partial charge in [0.25, 0.3) is 17.7 Å². The molecule has 1 saturated carbocycles. The van der Waals surface area contributed by atoms with Crippen molar-refractivity contribution in [1.29, 1.82) is 5.26 Å². The van der Waals surface area contributed by atoms with Gasteiger partial charge < -0.3 is 10.6 Å². The Hall–Kier alpha value is -3.76. The summed E-state index contributed by atoms with van der Waals surface area (Å²) in [4.78, 5) is 47.6. The molecule has 2 aromatic carbocycles. The van der Waals surface area contributed by atoms with Crippen molar-refractivity contribution in [3.8, 4) is 11.9 Å². The number of halogens is 4. The molecule has 1 aliphatic carbocycles. The predicted molar refractivity (Wildman–Crippen MR) is 178 cm³/mol. The molecule has 1 fully saturated rings. The summed E-state index contributed by atoms with van der Waals surface area (Å²) < 4.78 is 1.91. The highest BCUT2D eigenvalue weighted by Crippen LogP contribution is 2.41. The lowest BCUT2D eigenvalue weighted by molar-refractivity contribution is 0.0934. The standard InChI is InChI=1S/C31H25Br2Cl2N7O3/c1-16(18-6-7-18)39-30(44)21-13-19(34)14-22(32)27(21)41(24-8-5-17(9-10-36)12-20(24)29(43)37-2)31(45)25-15-26(33)40-42(25)28-23(35)4-3-11-38-28/h3-5,8,11-16,18H,6-7,9H2,1-2H3,(H,37,43)(H,39,44). The van der Waals surface area contributed by atoms with Gasteiger partial charge in [0.1, 0.15) is 10.3 Å². The molecule has 45 heavy (non-hydrogen) atoms. The summed E-state index contributed by atoms with van der Waals surface area (Å²) in [7, 11) is 1.46. The van der Waals surface area contributed by atoms with E-state index in [-0.39, 0.29) is 56.5 Å². The van der Waals surface area contributed by atoms with Crippen molar-refractivity contribution < 1.29 is 14.4 Å². The molecule has 10 nitrogen and oxygen atoms in total. The molecule has 0 bridgehead atoms. The van der Waals surface area contributed by atoms with E-state index in [1.165, 1.54) is 35.0 Å². The van der Waals surface area contributed by atoms with Crippen LogP contribution in [-0.4, -0.2) is 45.6 Å². The van der Waals surface area contributed by atoms with Crippen molar-refractivity contribution in [1.82, 2.24) is 25.4 Å². The zero-order valence-corrected chi connectivity index (χ0v) is 28.6. The molecule has 1 atom stereocenters. The number of amides is 3. The first-order valence-electron chi connectivity index (χ1n) is 13.8. The summed E-state index contributed by atoms with van der Waals surface area (Å²) in [5.41, 5.74) is 1.06. The third-order valence-corrected chi connectivity index (χ3v) is 8.79. The van der Waals surface area contributed by atoms with Gasteiger partial charge in [0.05, 0.1) is 40.0 Å². The van der Waals surface area contributed by atoms with Gasteiger partial charge in [0, 0.05) is 34.8 Å². The van der Waals surface area contributed by atoms with Crippen molar-refractivity contribution in [2.24, 2.45) is 5.92 Å². The molecule has 5 rings (SSSR count). The van der Waals surface area contributed by atoms with E-state index >= 15 is 0 Å². The van der Waals surface area contributed by atoms with Crippen LogP contribution >= 0.6 is 55.1 Å². The van der Waals surface area contributed by atoms with E-state index in [9.17, 15) is 19.6 Å². The van der Waals surface area contributed by atoms with Crippen molar-refractivity contribution >= 4 is 84.2 Å². The van der Waals surface area contributed by atoms with Crippen LogP contribution in [-0.2, 0) is 6.42 Å². The van der Waals surface area contributed by atoms with Crippen LogP contribution < -0.4 is 15.5 Å². The lowest BCUT2D eigenvalue weighted by Gasteiger charge is -2.29. The number of nitrogens with one attached hydrogen (secondary N) is 2. The zero-order chi connectivity index (χ0) is 32.4. The molecule has 4 aromatic rings. The molecule has 1 aliphatic rings. The van der Waals surface area contributed by atoms with E-state index in [2.05, 4.69) is 58.6 Å². The maximum Gasteiger partial charge on any atom is 0.281 e. The van der Waals surface area contributed by atoms with Crippen LogP contribution in [0.4, 0.5) is 11.4 Å². The molecule has 3 amide bonds. The first-order chi connectivity index (χ1) is 21.5. The van der Waals surface area contributed by atoms with Gasteiger partial charge in [-0.15, -0.1) is 0 Å². The molecular weight excluding hydrogens is 749 g/mol. The van der Waals surface area contributed by atoms with Crippen molar-refractivity contribution in [3.63, 3.8) is 0 Å². The number of carbonyl (C=O) groups excluding carboxylic acids is 3. The number of rotatable bonds is 9. The lowest BCUT2D eigenvalue weighted by atomic mass is 10.0. The first-order valence-corrected chi connectivity index (χ1v) is 16.1. The molecule has 0 aliphatic heterocycles. The Labute approximate surface area is 286 Å². The second kappa shape index (κ2) is 13.7. The number of carbonyl (C=O) groups is 3. The molecule has 230 valence electrons. The number of pyridine rings is 1. The van der Waals surface area contributed by atoms with E-state index in [1.807, 2.05) is 6.92 Å². The summed E-state index contributed by atoms with van der Waals surface area (Å²) >= 11 is 19.8. The normalized spacial score (nSPS) is 13.1. The number of hydrogen-bond donors (Lipinski definition) is 2. The second-order valence-electron chi connectivity index (χ2n) is 10.4. The Bertz CT molecular complexity index is 1870. The van der Waals surface area contributed by atoms with Gasteiger partial charge in [0.2, 0.25) is 0 Å². The average molecular weight is 774 g/mol. The summed E-state index contributed by atoms with van der Waals surface area (Å²) in [6, 6.07) is 14.5. The van der Waals surface area contributed by atoms with Crippen molar-refractivity contribution in [2.75, 3.05) is 11.9 Å². The topological polar surface area (TPSA) is 133 Å². The van der Waals surface area contributed by atoms with Crippen LogP contribution in [0.15, 0.2) is 63.8 Å². The van der Waals surface area contributed by atoms with E-state index in [1.54, 1.807) is 36.4 Å². The fourth-order valence-corrected chi connectivity index (χ4v) is 6.47. The number of nitrogens with zero attached hydrogens (tertiary/aromatic N) is 5. The van der Waals surface area contributed by atoms with Crippen molar-refractivity contribution in [3.05, 3.63) is 96.2 Å². The number of aromatic nitrogens is 3. The molecule has 14 heteroatoms. The smallest absolute Gasteiger partial charge is 0.281 e. The summed E-state index contributed by atoms with van der Waals surface area (Å²) in [5, 5.41) is 19.9. The maximum absolute atomic E-state index is 14.9. The quantitative estimate of drug-likeness (QED) is 0.188. The third kappa shape index (κ3) is 6.92. The van der Waals surface area contributed by atoms with Crippen LogP contribution in [0.25, 0.3) is 5.82 Å². The van der Waals surface area contributed by atoms with E-state index in [0.29, 0.717) is 20.6 Å². The third-order valence-electron chi connectivity index (χ3n) is 7.28. The highest BCUT2D eigenvalue weighted by Gasteiger charge is 2.35. The van der Waals surface area contributed by atoms with Crippen LogP contribution in [0.1, 0.15) is 56.5 Å². The van der Waals surface area contributed by atoms with Gasteiger partial charge in [-0.1, -0.05) is 29.3 Å². The summed E-state index contributed by atoms with van der Waals surface area (Å²) in [6.45, 7) is 1.93. The first kappa shape index (κ1) is 32.6. The molecular formula is C31H25Br2Cl2N7O3. The molecule has 2 aromatic heterocycles. The Morgan fingerprint density at radius 3 is 2.53 bits per heavy atom. The fourth-order valence-electron chi connectivity index (χ4n) is 4.91. The number of hydrogen-bond acceptors (Lipinski definition) is 6. The molecule has 0 radical (unpaired) electrons. The van der Waals surface area contributed by atoms with Gasteiger partial charge in [-0.3, -0.25) is 19.3 Å². The van der Waals surface area contributed by atoms with Gasteiger partial charge >= 0.3 is 0 Å². The largest absolute Gasteiger partial charge is 0.355 e. The molecule has 0 saturated heterocycles. The van der Waals surface area contributed by atoms with Crippen LogP contribution in [0.5, 0.6) is 0 Å². The van der Waals surface area contributed by atoms with Gasteiger partial charge in [-0.2, -0.15) is 10.4 Å². The average Bonchev–Trinajstić information content (AvgIpc) is 3.80. The van der Waals surface area contributed by atoms with Gasteiger partial charge in [0.15, 0.2) is 5.82 Å². The van der Waals surface area contributed by atoms with Crippen LogP contribution in [0, 0.1) is 17.2 Å². The van der Waals surface area contributed by atoms with E-state index < -0.39 is 17.7 Å². The fraction of sp³-hybridized carbons (Fsp3) is 0.226. The second-order valence-corrected chi connectivity index (χ2v) is 12.9. The molecule has 2 heterocycles. The Morgan fingerprint density at radius 2 is 1.87 bits per heavy atom. The molecule has 2 N–H and O–H groups in total. The predicted octanol–water partition coefficient (Wildman–Crippen LogP) is 7.03. The van der Waals surface area contributed by atoms with Crippen LogP contribution in [0.2, 0.25) is 10.0 Å². The molecule has 1 unspecified atom stereocenters. The number of benzene rings is 2. The minimum absolute atomic E-state index is 0.0194. The Morgan fingerprint density at radius 1 is 1.11 bits per heavy atom. The Balaban J connectivity index is 1.79. The van der Waals surface area contributed by atoms with E-state index in [4.69, 9.17) is 23.2 Å². The number of nitriles is 1. The summed E-state index contributed by atoms with van der Waals surface area (Å²) in [5.74, 6) is -1.07. The monoisotopic (exact) mass is 771 g/mol. The van der Waals surface area contributed by atoms with Crippen molar-refractivity contribution in [2.45, 2.75) is 32.2 Å². The van der Waals surface area contributed by atoms with E-state index in [0.717, 1.165) is 12.8 Å². The van der Waals surface area contributed by atoms with Gasteiger partial charge in [-0.25, -0.2) is 9.67 Å². The number of anilines is 2. The molecule has 0 spiro atoms. The van der Waals surface area contributed by atoms with Crippen LogP contribution in [0.3, 0.4) is 0 Å². The highest BCUT2D eigenvalue weighted by atomic mass is 79.9. The van der Waals surface area contributed by atoms with Gasteiger partial charge in [-0.05, 0) is 99.5 Å². The lowest BCUT2D eigenvalue weighted by Crippen LogP contribution is -2.37. The zero-order valence-electron chi connectivity index (χ0n) is 23.9.